The summed E-state index contributed by atoms with van der Waals surface area (Å²) in [6.07, 6.45) is 3.39. The van der Waals surface area contributed by atoms with E-state index in [2.05, 4.69) is 26.0 Å². The Morgan fingerprint density at radius 1 is 1.20 bits per heavy atom. The van der Waals surface area contributed by atoms with Crippen molar-refractivity contribution in [3.63, 3.8) is 0 Å². The van der Waals surface area contributed by atoms with Gasteiger partial charge in [-0.1, -0.05) is 0 Å². The summed E-state index contributed by atoms with van der Waals surface area (Å²) >= 11 is 3.23. The molecule has 0 saturated carbocycles. The fourth-order valence-electron chi connectivity index (χ4n) is 1.20. The topological polar surface area (TPSA) is 47.8 Å². The van der Waals surface area contributed by atoms with Crippen LogP contribution in [-0.4, -0.2) is 14.8 Å². The molecule has 15 heavy (non-hydrogen) atoms. The van der Waals surface area contributed by atoms with Gasteiger partial charge in [-0.05, 0) is 39.7 Å². The molecule has 0 aliphatic carbocycles. The predicted octanol–water partition coefficient (Wildman–Crippen LogP) is 1.45. The van der Waals surface area contributed by atoms with Crippen LogP contribution in [0, 0.1) is 0 Å². The van der Waals surface area contributed by atoms with E-state index in [-0.39, 0.29) is 5.56 Å². The maximum Gasteiger partial charge on any atom is 0.267 e. The van der Waals surface area contributed by atoms with Gasteiger partial charge in [0.15, 0.2) is 0 Å². The van der Waals surface area contributed by atoms with Crippen LogP contribution in [0.15, 0.2) is 46.1 Å². The van der Waals surface area contributed by atoms with Crippen LogP contribution in [0.3, 0.4) is 0 Å². The third kappa shape index (κ3) is 2.50. The third-order valence-corrected chi connectivity index (χ3v) is 2.34. The van der Waals surface area contributed by atoms with Gasteiger partial charge in [0, 0.05) is 18.5 Å². The molecule has 0 aliphatic heterocycles. The molecule has 5 heteroatoms. The molecule has 0 fully saturated rings. The highest BCUT2D eigenvalue weighted by molar-refractivity contribution is 9.10. The van der Waals surface area contributed by atoms with Crippen LogP contribution in [0.25, 0.3) is 0 Å². The van der Waals surface area contributed by atoms with Crippen molar-refractivity contribution in [1.82, 2.24) is 14.8 Å². The van der Waals surface area contributed by atoms with E-state index in [1.165, 1.54) is 10.7 Å². The molecule has 2 heterocycles. The molecule has 0 saturated heterocycles. The molecular weight excluding hydrogens is 258 g/mol. The first-order valence-corrected chi connectivity index (χ1v) is 5.17. The predicted molar refractivity (Wildman–Crippen MR) is 59.5 cm³/mol. The zero-order chi connectivity index (χ0) is 10.7. The quantitative estimate of drug-likeness (QED) is 0.826. The lowest BCUT2D eigenvalue weighted by Gasteiger charge is -2.03. The van der Waals surface area contributed by atoms with Crippen molar-refractivity contribution in [2.75, 3.05) is 0 Å². The van der Waals surface area contributed by atoms with Gasteiger partial charge in [-0.2, -0.15) is 5.10 Å². The van der Waals surface area contributed by atoms with Gasteiger partial charge in [0.25, 0.3) is 5.56 Å². The van der Waals surface area contributed by atoms with Gasteiger partial charge in [-0.25, -0.2) is 4.68 Å². The molecule has 0 aliphatic rings. The molecule has 4 nitrogen and oxygen atoms in total. The molecule has 0 atom stereocenters. The zero-order valence-corrected chi connectivity index (χ0v) is 9.39. The van der Waals surface area contributed by atoms with E-state index in [0.717, 1.165) is 5.56 Å². The lowest BCUT2D eigenvalue weighted by atomic mass is 10.3. The smallest absolute Gasteiger partial charge is 0.267 e. The lowest BCUT2D eigenvalue weighted by molar-refractivity contribution is 0.631. The van der Waals surface area contributed by atoms with Crippen molar-refractivity contribution in [2.45, 2.75) is 6.54 Å². The van der Waals surface area contributed by atoms with Crippen LogP contribution < -0.4 is 5.56 Å². The molecule has 76 valence electrons. The summed E-state index contributed by atoms with van der Waals surface area (Å²) in [5.41, 5.74) is 0.882. The average Bonchev–Trinajstić information content (AvgIpc) is 2.25. The number of rotatable bonds is 2. The molecule has 0 spiro atoms. The van der Waals surface area contributed by atoms with E-state index < -0.39 is 0 Å². The van der Waals surface area contributed by atoms with Crippen molar-refractivity contribution >= 4 is 15.9 Å². The first-order chi connectivity index (χ1) is 7.25. The van der Waals surface area contributed by atoms with Crippen LogP contribution in [0.5, 0.6) is 0 Å². The number of halogens is 1. The van der Waals surface area contributed by atoms with E-state index in [4.69, 9.17) is 0 Å². The third-order valence-electron chi connectivity index (χ3n) is 1.92. The van der Waals surface area contributed by atoms with E-state index in [1.54, 1.807) is 18.5 Å². The molecule has 2 aromatic rings. The van der Waals surface area contributed by atoms with Crippen molar-refractivity contribution < 1.29 is 0 Å². The van der Waals surface area contributed by atoms with Gasteiger partial charge >= 0.3 is 0 Å². The van der Waals surface area contributed by atoms with Crippen LogP contribution in [-0.2, 0) is 6.54 Å². The molecule has 0 amide bonds. The fourth-order valence-corrected chi connectivity index (χ4v) is 1.52. The van der Waals surface area contributed by atoms with Crippen LogP contribution in [0.1, 0.15) is 5.56 Å². The minimum atomic E-state index is -0.116. The second kappa shape index (κ2) is 4.35. The highest BCUT2D eigenvalue weighted by Crippen LogP contribution is 2.02. The van der Waals surface area contributed by atoms with Gasteiger partial charge in [0.1, 0.15) is 4.60 Å². The Morgan fingerprint density at radius 3 is 2.67 bits per heavy atom. The lowest BCUT2D eigenvalue weighted by Crippen LogP contribution is -2.22. The fraction of sp³-hybridized carbons (Fsp3) is 0.100. The standard InChI is InChI=1S/C10H8BrN3O/c11-9-1-2-10(15)14(13-9)7-8-3-5-12-6-4-8/h1-6H,7H2. The molecule has 2 rings (SSSR count). The molecule has 0 aromatic carbocycles. The monoisotopic (exact) mass is 265 g/mol. The Labute approximate surface area is 94.7 Å². The maximum atomic E-state index is 11.4. The Kier molecular flexibility index (Phi) is 2.91. The number of hydrogen-bond acceptors (Lipinski definition) is 3. The Morgan fingerprint density at radius 2 is 1.93 bits per heavy atom. The maximum absolute atomic E-state index is 11.4. The normalized spacial score (nSPS) is 10.2. The summed E-state index contributed by atoms with van der Waals surface area (Å²) in [6, 6.07) is 6.83. The van der Waals surface area contributed by atoms with Gasteiger partial charge in [0.05, 0.1) is 6.54 Å². The van der Waals surface area contributed by atoms with Gasteiger partial charge < -0.3 is 0 Å². The number of hydrogen-bond donors (Lipinski definition) is 0. The van der Waals surface area contributed by atoms with Crippen LogP contribution >= 0.6 is 15.9 Å². The Bertz CT molecular complexity index is 510. The summed E-state index contributed by atoms with van der Waals surface area (Å²) < 4.78 is 2.05. The highest BCUT2D eigenvalue weighted by atomic mass is 79.9. The number of pyridine rings is 1. The summed E-state index contributed by atoms with van der Waals surface area (Å²) in [7, 11) is 0. The SMILES string of the molecule is O=c1ccc(Br)nn1Cc1ccncc1. The molecular formula is C10H8BrN3O. The van der Waals surface area contributed by atoms with Crippen molar-refractivity contribution in [2.24, 2.45) is 0 Å². The van der Waals surface area contributed by atoms with Crippen molar-refractivity contribution in [3.8, 4) is 0 Å². The largest absolute Gasteiger partial charge is 0.268 e. The molecule has 0 bridgehead atoms. The van der Waals surface area contributed by atoms with Gasteiger partial charge in [-0.3, -0.25) is 9.78 Å². The summed E-state index contributed by atoms with van der Waals surface area (Å²) in [5.74, 6) is 0. The average molecular weight is 266 g/mol. The number of aromatic nitrogens is 3. The summed E-state index contributed by atoms with van der Waals surface area (Å²) in [5, 5.41) is 4.07. The molecule has 0 unspecified atom stereocenters. The first-order valence-electron chi connectivity index (χ1n) is 4.38. The Hall–Kier alpha value is -1.49. The summed E-state index contributed by atoms with van der Waals surface area (Å²) in [6.45, 7) is 0.459. The summed E-state index contributed by atoms with van der Waals surface area (Å²) in [4.78, 5) is 15.3. The Balaban J connectivity index is 2.32. The van der Waals surface area contributed by atoms with E-state index in [1.807, 2.05) is 12.1 Å². The van der Waals surface area contributed by atoms with Crippen molar-refractivity contribution in [3.05, 3.63) is 57.2 Å². The second-order valence-electron chi connectivity index (χ2n) is 3.01. The minimum Gasteiger partial charge on any atom is -0.268 e. The highest BCUT2D eigenvalue weighted by Gasteiger charge is 1.99. The van der Waals surface area contributed by atoms with Gasteiger partial charge in [0.2, 0.25) is 0 Å². The van der Waals surface area contributed by atoms with E-state index in [0.29, 0.717) is 11.1 Å². The first kappa shape index (κ1) is 10.0. The molecule has 2 aromatic heterocycles. The molecule has 0 radical (unpaired) electrons. The second-order valence-corrected chi connectivity index (χ2v) is 3.82. The van der Waals surface area contributed by atoms with E-state index >= 15 is 0 Å². The minimum absolute atomic E-state index is 0.116. The van der Waals surface area contributed by atoms with E-state index in [9.17, 15) is 4.79 Å². The van der Waals surface area contributed by atoms with Crippen LogP contribution in [0.4, 0.5) is 0 Å². The molecule has 0 N–H and O–H groups in total. The van der Waals surface area contributed by atoms with Crippen molar-refractivity contribution in [1.29, 1.82) is 0 Å². The zero-order valence-electron chi connectivity index (χ0n) is 7.80. The van der Waals surface area contributed by atoms with Gasteiger partial charge in [-0.15, -0.1) is 0 Å². The van der Waals surface area contributed by atoms with Crippen LogP contribution in [0.2, 0.25) is 0 Å². The number of nitrogens with zero attached hydrogens (tertiary/aromatic N) is 3.